The van der Waals surface area contributed by atoms with Gasteiger partial charge < -0.3 is 15.9 Å². The highest BCUT2D eigenvalue weighted by Gasteiger charge is 2.07. The lowest BCUT2D eigenvalue weighted by Crippen LogP contribution is -1.98. The van der Waals surface area contributed by atoms with E-state index in [9.17, 15) is 0 Å². The third kappa shape index (κ3) is 3.45. The van der Waals surface area contributed by atoms with E-state index >= 15 is 0 Å². The van der Waals surface area contributed by atoms with Gasteiger partial charge in [-0.15, -0.1) is 0 Å². The SMILES string of the molecule is C/C=C(\C=N)c1cc(Oc2ccc(N)nc2CC)ccn1. The van der Waals surface area contributed by atoms with Crippen LogP contribution in [0.15, 0.2) is 36.5 Å². The van der Waals surface area contributed by atoms with Crippen LogP contribution in [0.25, 0.3) is 5.57 Å². The van der Waals surface area contributed by atoms with Crippen LogP contribution < -0.4 is 10.5 Å². The number of pyridine rings is 2. The number of aromatic nitrogens is 2. The number of nitrogen functional groups attached to an aromatic ring is 1. The van der Waals surface area contributed by atoms with Gasteiger partial charge >= 0.3 is 0 Å². The van der Waals surface area contributed by atoms with E-state index in [1.165, 1.54) is 6.21 Å². The molecule has 3 N–H and O–H groups in total. The van der Waals surface area contributed by atoms with Gasteiger partial charge in [-0.05, 0) is 31.5 Å². The Morgan fingerprint density at radius 2 is 2.19 bits per heavy atom. The first-order valence-corrected chi connectivity index (χ1v) is 6.74. The Balaban J connectivity index is 2.32. The van der Waals surface area contributed by atoms with Gasteiger partial charge in [-0.25, -0.2) is 4.98 Å². The maximum absolute atomic E-state index is 7.38. The number of nitrogens with zero attached hydrogens (tertiary/aromatic N) is 2. The fourth-order valence-electron chi connectivity index (χ4n) is 1.92. The Morgan fingerprint density at radius 1 is 1.38 bits per heavy atom. The summed E-state index contributed by atoms with van der Waals surface area (Å²) in [6, 6.07) is 7.10. The van der Waals surface area contributed by atoms with Crippen molar-refractivity contribution in [3.05, 3.63) is 47.9 Å². The van der Waals surface area contributed by atoms with Crippen LogP contribution >= 0.6 is 0 Å². The summed E-state index contributed by atoms with van der Waals surface area (Å²) in [4.78, 5) is 8.51. The molecule has 0 bridgehead atoms. The molecule has 0 spiro atoms. The van der Waals surface area contributed by atoms with Crippen LogP contribution in [0.4, 0.5) is 5.82 Å². The summed E-state index contributed by atoms with van der Waals surface area (Å²) in [6.45, 7) is 3.87. The standard InChI is InChI=1S/C16H18N4O/c1-3-11(10-17)14-9-12(7-8-19-14)21-15-5-6-16(18)20-13(15)4-2/h3,5-10,17H,4H2,1-2H3,(H2,18,20)/b11-3+,17-10?. The van der Waals surface area contributed by atoms with E-state index in [0.717, 1.165) is 17.7 Å². The Hall–Kier alpha value is -2.69. The number of ether oxygens (including phenoxy) is 1. The van der Waals surface area contributed by atoms with Crippen LogP contribution in [0, 0.1) is 5.41 Å². The van der Waals surface area contributed by atoms with Gasteiger partial charge in [-0.2, -0.15) is 0 Å². The minimum atomic E-state index is 0.481. The summed E-state index contributed by atoms with van der Waals surface area (Å²) in [5, 5.41) is 7.38. The first-order valence-electron chi connectivity index (χ1n) is 6.74. The number of rotatable bonds is 5. The molecule has 21 heavy (non-hydrogen) atoms. The fraction of sp³-hybridized carbons (Fsp3) is 0.188. The zero-order valence-corrected chi connectivity index (χ0v) is 12.1. The smallest absolute Gasteiger partial charge is 0.149 e. The van der Waals surface area contributed by atoms with E-state index < -0.39 is 0 Å². The largest absolute Gasteiger partial charge is 0.455 e. The summed E-state index contributed by atoms with van der Waals surface area (Å²) in [5.74, 6) is 1.82. The van der Waals surface area contributed by atoms with Crippen molar-refractivity contribution in [1.82, 2.24) is 9.97 Å². The van der Waals surface area contributed by atoms with Gasteiger partial charge in [0.25, 0.3) is 0 Å². The van der Waals surface area contributed by atoms with Gasteiger partial charge in [0, 0.05) is 24.1 Å². The van der Waals surface area contributed by atoms with Crippen molar-refractivity contribution in [3.63, 3.8) is 0 Å². The Morgan fingerprint density at radius 3 is 2.86 bits per heavy atom. The molecule has 0 aliphatic rings. The maximum Gasteiger partial charge on any atom is 0.149 e. The number of anilines is 1. The molecule has 0 saturated carbocycles. The lowest BCUT2D eigenvalue weighted by Gasteiger charge is -2.10. The molecule has 0 atom stereocenters. The zero-order chi connectivity index (χ0) is 15.2. The Labute approximate surface area is 124 Å². The summed E-state index contributed by atoms with van der Waals surface area (Å²) < 4.78 is 5.87. The predicted octanol–water partition coefficient (Wildman–Crippen LogP) is 3.47. The molecule has 108 valence electrons. The first kappa shape index (κ1) is 14.7. The average molecular weight is 282 g/mol. The minimum Gasteiger partial charge on any atom is -0.455 e. The molecule has 5 heteroatoms. The molecule has 0 aliphatic heterocycles. The van der Waals surface area contributed by atoms with Crippen molar-refractivity contribution in [2.75, 3.05) is 5.73 Å². The van der Waals surface area contributed by atoms with Gasteiger partial charge in [-0.3, -0.25) is 4.98 Å². The lowest BCUT2D eigenvalue weighted by atomic mass is 10.2. The van der Waals surface area contributed by atoms with Crippen LogP contribution in [0.2, 0.25) is 0 Å². The van der Waals surface area contributed by atoms with Gasteiger partial charge in [-0.1, -0.05) is 13.0 Å². The van der Waals surface area contributed by atoms with Gasteiger partial charge in [0.2, 0.25) is 0 Å². The van der Waals surface area contributed by atoms with Crippen molar-refractivity contribution < 1.29 is 4.74 Å². The normalized spacial score (nSPS) is 11.2. The van der Waals surface area contributed by atoms with Crippen LogP contribution in [0.5, 0.6) is 11.5 Å². The predicted molar refractivity (Wildman–Crippen MR) is 84.8 cm³/mol. The molecular formula is C16H18N4O. The Bertz CT molecular complexity index is 680. The fourth-order valence-corrected chi connectivity index (χ4v) is 1.92. The van der Waals surface area contributed by atoms with E-state index in [2.05, 4.69) is 9.97 Å². The third-order valence-corrected chi connectivity index (χ3v) is 3.01. The van der Waals surface area contributed by atoms with E-state index in [4.69, 9.17) is 15.9 Å². The molecule has 0 unspecified atom stereocenters. The topological polar surface area (TPSA) is 84.9 Å². The third-order valence-electron chi connectivity index (χ3n) is 3.01. The average Bonchev–Trinajstić information content (AvgIpc) is 2.51. The molecular weight excluding hydrogens is 264 g/mol. The molecule has 2 aromatic heterocycles. The molecule has 5 nitrogen and oxygen atoms in total. The molecule has 0 saturated heterocycles. The molecule has 0 radical (unpaired) electrons. The van der Waals surface area contributed by atoms with Gasteiger partial charge in [0.15, 0.2) is 0 Å². The van der Waals surface area contributed by atoms with Crippen molar-refractivity contribution in [2.24, 2.45) is 0 Å². The second-order valence-corrected chi connectivity index (χ2v) is 4.40. The second-order valence-electron chi connectivity index (χ2n) is 4.40. The van der Waals surface area contributed by atoms with Crippen molar-refractivity contribution in [1.29, 1.82) is 5.41 Å². The number of hydrogen-bond donors (Lipinski definition) is 2. The number of allylic oxidation sites excluding steroid dienone is 2. The zero-order valence-electron chi connectivity index (χ0n) is 12.1. The molecule has 2 heterocycles. The summed E-state index contributed by atoms with van der Waals surface area (Å²) in [6.07, 6.45) is 5.50. The van der Waals surface area contributed by atoms with Crippen molar-refractivity contribution >= 4 is 17.6 Å². The lowest BCUT2D eigenvalue weighted by molar-refractivity contribution is 0.472. The van der Waals surface area contributed by atoms with E-state index in [0.29, 0.717) is 23.0 Å². The highest BCUT2D eigenvalue weighted by Crippen LogP contribution is 2.26. The maximum atomic E-state index is 7.38. The van der Waals surface area contributed by atoms with E-state index in [1.807, 2.05) is 26.0 Å². The summed E-state index contributed by atoms with van der Waals surface area (Å²) in [7, 11) is 0. The van der Waals surface area contributed by atoms with E-state index in [-0.39, 0.29) is 0 Å². The van der Waals surface area contributed by atoms with Gasteiger partial charge in [0.05, 0.1) is 11.4 Å². The molecule has 0 aromatic carbocycles. The number of nitrogens with two attached hydrogens (primary N) is 1. The molecule has 0 fully saturated rings. The molecule has 0 amide bonds. The highest BCUT2D eigenvalue weighted by atomic mass is 16.5. The minimum absolute atomic E-state index is 0.481. The second kappa shape index (κ2) is 6.65. The quantitative estimate of drug-likeness (QED) is 0.822. The van der Waals surface area contributed by atoms with Crippen molar-refractivity contribution in [2.45, 2.75) is 20.3 Å². The van der Waals surface area contributed by atoms with Crippen LogP contribution in [-0.4, -0.2) is 16.2 Å². The van der Waals surface area contributed by atoms with E-state index in [1.54, 1.807) is 24.4 Å². The highest BCUT2D eigenvalue weighted by molar-refractivity contribution is 6.07. The number of nitrogens with one attached hydrogen (secondary N) is 1. The summed E-state index contributed by atoms with van der Waals surface area (Å²) >= 11 is 0. The van der Waals surface area contributed by atoms with Crippen LogP contribution in [-0.2, 0) is 6.42 Å². The van der Waals surface area contributed by atoms with Crippen molar-refractivity contribution in [3.8, 4) is 11.5 Å². The molecule has 2 aromatic rings. The Kier molecular flexibility index (Phi) is 4.66. The summed E-state index contributed by atoms with van der Waals surface area (Å²) in [5.41, 5.74) is 7.94. The number of aryl methyl sites for hydroxylation is 1. The van der Waals surface area contributed by atoms with Crippen LogP contribution in [0.3, 0.4) is 0 Å². The first-order chi connectivity index (χ1) is 10.2. The van der Waals surface area contributed by atoms with Crippen LogP contribution in [0.1, 0.15) is 25.2 Å². The molecule has 2 rings (SSSR count). The van der Waals surface area contributed by atoms with Gasteiger partial charge in [0.1, 0.15) is 17.3 Å². The monoisotopic (exact) mass is 282 g/mol. The number of hydrogen-bond acceptors (Lipinski definition) is 5. The molecule has 0 aliphatic carbocycles.